The molecular formula is C14H19N3. The molecule has 3 heteroatoms. The van der Waals surface area contributed by atoms with E-state index >= 15 is 0 Å². The van der Waals surface area contributed by atoms with Crippen LogP contribution in [-0.2, 0) is 0 Å². The van der Waals surface area contributed by atoms with Crippen LogP contribution in [0.4, 0.5) is 5.69 Å². The van der Waals surface area contributed by atoms with Gasteiger partial charge in [-0.2, -0.15) is 5.26 Å². The third-order valence-electron chi connectivity index (χ3n) is 3.43. The molecule has 0 spiro atoms. The Hall–Kier alpha value is -1.53. The first-order chi connectivity index (χ1) is 8.35. The molecule has 1 fully saturated rings. The quantitative estimate of drug-likeness (QED) is 0.859. The first-order valence-corrected chi connectivity index (χ1v) is 6.26. The standard InChI is InChI=1S/C14H19N3/c1-16-9-8-13-3-2-10-17(13)14-6-4-12(11-15)5-7-14/h4-7,13,16H,2-3,8-10H2,1H3. The molecule has 0 bridgehead atoms. The van der Waals surface area contributed by atoms with Crippen molar-refractivity contribution in [1.29, 1.82) is 5.26 Å². The van der Waals surface area contributed by atoms with Crippen molar-refractivity contribution in [2.45, 2.75) is 25.3 Å². The number of hydrogen-bond acceptors (Lipinski definition) is 3. The summed E-state index contributed by atoms with van der Waals surface area (Å²) in [6, 6.07) is 10.8. The lowest BCUT2D eigenvalue weighted by molar-refractivity contribution is 0.585. The van der Waals surface area contributed by atoms with Gasteiger partial charge in [-0.1, -0.05) is 0 Å². The SMILES string of the molecule is CNCCC1CCCN1c1ccc(C#N)cc1. The molecule has 1 heterocycles. The Morgan fingerprint density at radius 2 is 2.18 bits per heavy atom. The van der Waals surface area contributed by atoms with Gasteiger partial charge in [-0.05, 0) is 57.1 Å². The predicted molar refractivity (Wildman–Crippen MR) is 70.1 cm³/mol. The fraction of sp³-hybridized carbons (Fsp3) is 0.500. The molecule has 0 aromatic heterocycles. The molecule has 1 aliphatic heterocycles. The van der Waals surface area contributed by atoms with E-state index in [1.165, 1.54) is 24.9 Å². The van der Waals surface area contributed by atoms with E-state index < -0.39 is 0 Å². The van der Waals surface area contributed by atoms with Crippen molar-refractivity contribution in [2.24, 2.45) is 0 Å². The Bertz CT molecular complexity index is 391. The smallest absolute Gasteiger partial charge is 0.0991 e. The van der Waals surface area contributed by atoms with Crippen LogP contribution in [0, 0.1) is 11.3 Å². The van der Waals surface area contributed by atoms with Gasteiger partial charge in [0.2, 0.25) is 0 Å². The van der Waals surface area contributed by atoms with Crippen LogP contribution in [0.5, 0.6) is 0 Å². The average molecular weight is 229 g/mol. The molecule has 17 heavy (non-hydrogen) atoms. The van der Waals surface area contributed by atoms with E-state index in [4.69, 9.17) is 5.26 Å². The lowest BCUT2D eigenvalue weighted by Crippen LogP contribution is -2.31. The van der Waals surface area contributed by atoms with Gasteiger partial charge >= 0.3 is 0 Å². The van der Waals surface area contributed by atoms with Crippen LogP contribution in [0.3, 0.4) is 0 Å². The van der Waals surface area contributed by atoms with Crippen LogP contribution in [0.1, 0.15) is 24.8 Å². The molecule has 0 amide bonds. The number of nitrogens with zero attached hydrogens (tertiary/aromatic N) is 2. The summed E-state index contributed by atoms with van der Waals surface area (Å²) in [6.07, 6.45) is 3.74. The van der Waals surface area contributed by atoms with E-state index in [0.717, 1.165) is 18.7 Å². The first kappa shape index (κ1) is 11.9. The predicted octanol–water partition coefficient (Wildman–Crippen LogP) is 2.14. The fourth-order valence-electron chi connectivity index (χ4n) is 2.51. The summed E-state index contributed by atoms with van der Waals surface area (Å²) in [7, 11) is 2.00. The van der Waals surface area contributed by atoms with Gasteiger partial charge in [-0.25, -0.2) is 0 Å². The fourth-order valence-corrected chi connectivity index (χ4v) is 2.51. The maximum absolute atomic E-state index is 8.79. The number of nitrogens with one attached hydrogen (secondary N) is 1. The summed E-state index contributed by atoms with van der Waals surface area (Å²) in [5, 5.41) is 12.0. The molecule has 90 valence electrons. The Labute approximate surface area is 103 Å². The monoisotopic (exact) mass is 229 g/mol. The summed E-state index contributed by atoms with van der Waals surface area (Å²) in [6.45, 7) is 2.21. The highest BCUT2D eigenvalue weighted by Gasteiger charge is 2.23. The highest BCUT2D eigenvalue weighted by molar-refractivity contribution is 5.51. The second-order valence-corrected chi connectivity index (χ2v) is 4.54. The molecule has 0 saturated carbocycles. The van der Waals surface area contributed by atoms with Crippen LogP contribution in [0.15, 0.2) is 24.3 Å². The second kappa shape index (κ2) is 5.70. The molecule has 1 aromatic rings. The molecule has 1 atom stereocenters. The van der Waals surface area contributed by atoms with Gasteiger partial charge in [-0.3, -0.25) is 0 Å². The van der Waals surface area contributed by atoms with E-state index in [9.17, 15) is 0 Å². The molecule has 1 unspecified atom stereocenters. The first-order valence-electron chi connectivity index (χ1n) is 6.26. The molecule has 1 saturated heterocycles. The molecule has 1 N–H and O–H groups in total. The van der Waals surface area contributed by atoms with E-state index in [2.05, 4.69) is 28.4 Å². The van der Waals surface area contributed by atoms with Crippen LogP contribution in [0.25, 0.3) is 0 Å². The molecule has 0 radical (unpaired) electrons. The number of hydrogen-bond donors (Lipinski definition) is 1. The summed E-state index contributed by atoms with van der Waals surface area (Å²) in [5.41, 5.74) is 1.99. The zero-order chi connectivity index (χ0) is 12.1. The third kappa shape index (κ3) is 2.78. The summed E-state index contributed by atoms with van der Waals surface area (Å²) in [5.74, 6) is 0. The van der Waals surface area contributed by atoms with Gasteiger partial charge in [0, 0.05) is 18.3 Å². The van der Waals surface area contributed by atoms with E-state index in [1.54, 1.807) is 0 Å². The van der Waals surface area contributed by atoms with Crippen molar-refractivity contribution in [2.75, 3.05) is 25.0 Å². The maximum atomic E-state index is 8.79. The van der Waals surface area contributed by atoms with Gasteiger partial charge in [0.05, 0.1) is 11.6 Å². The number of benzene rings is 1. The van der Waals surface area contributed by atoms with Gasteiger partial charge in [-0.15, -0.1) is 0 Å². The van der Waals surface area contributed by atoms with E-state index in [0.29, 0.717) is 6.04 Å². The zero-order valence-corrected chi connectivity index (χ0v) is 10.3. The normalized spacial score (nSPS) is 19.3. The highest BCUT2D eigenvalue weighted by atomic mass is 15.2. The van der Waals surface area contributed by atoms with Crippen molar-refractivity contribution < 1.29 is 0 Å². The third-order valence-corrected chi connectivity index (χ3v) is 3.43. The van der Waals surface area contributed by atoms with Gasteiger partial charge < -0.3 is 10.2 Å². The molecule has 1 aliphatic rings. The Morgan fingerprint density at radius 3 is 2.82 bits per heavy atom. The summed E-state index contributed by atoms with van der Waals surface area (Å²) >= 11 is 0. The Kier molecular flexibility index (Phi) is 4.00. The lowest BCUT2D eigenvalue weighted by atomic mass is 10.1. The lowest BCUT2D eigenvalue weighted by Gasteiger charge is -2.26. The van der Waals surface area contributed by atoms with Gasteiger partial charge in [0.25, 0.3) is 0 Å². The number of nitriles is 1. The molecule has 0 aliphatic carbocycles. The number of anilines is 1. The minimum atomic E-state index is 0.649. The van der Waals surface area contributed by atoms with E-state index in [1.807, 2.05) is 19.2 Å². The highest BCUT2D eigenvalue weighted by Crippen LogP contribution is 2.27. The average Bonchev–Trinajstić information content (AvgIpc) is 2.84. The largest absolute Gasteiger partial charge is 0.368 e. The van der Waals surface area contributed by atoms with Gasteiger partial charge in [0.1, 0.15) is 0 Å². The number of rotatable bonds is 4. The van der Waals surface area contributed by atoms with Crippen molar-refractivity contribution in [1.82, 2.24) is 5.32 Å². The van der Waals surface area contributed by atoms with Crippen LogP contribution in [0.2, 0.25) is 0 Å². The molecule has 1 aromatic carbocycles. The zero-order valence-electron chi connectivity index (χ0n) is 10.3. The van der Waals surface area contributed by atoms with Crippen molar-refractivity contribution in [3.05, 3.63) is 29.8 Å². The van der Waals surface area contributed by atoms with Crippen LogP contribution in [-0.4, -0.2) is 26.2 Å². The molecule has 3 nitrogen and oxygen atoms in total. The molecule has 2 rings (SSSR count). The second-order valence-electron chi connectivity index (χ2n) is 4.54. The Morgan fingerprint density at radius 1 is 1.41 bits per heavy atom. The minimum absolute atomic E-state index is 0.649. The maximum Gasteiger partial charge on any atom is 0.0991 e. The topological polar surface area (TPSA) is 39.1 Å². The van der Waals surface area contributed by atoms with E-state index in [-0.39, 0.29) is 0 Å². The molecular weight excluding hydrogens is 210 g/mol. The van der Waals surface area contributed by atoms with Gasteiger partial charge in [0.15, 0.2) is 0 Å². The summed E-state index contributed by atoms with van der Waals surface area (Å²) < 4.78 is 0. The van der Waals surface area contributed by atoms with Crippen LogP contribution >= 0.6 is 0 Å². The minimum Gasteiger partial charge on any atom is -0.368 e. The van der Waals surface area contributed by atoms with Crippen molar-refractivity contribution >= 4 is 5.69 Å². The van der Waals surface area contributed by atoms with Crippen molar-refractivity contribution in [3.63, 3.8) is 0 Å². The van der Waals surface area contributed by atoms with Crippen LogP contribution < -0.4 is 10.2 Å². The van der Waals surface area contributed by atoms with Crippen molar-refractivity contribution in [3.8, 4) is 6.07 Å². The summed E-state index contributed by atoms with van der Waals surface area (Å²) in [4.78, 5) is 2.47. The Balaban J connectivity index is 2.06.